The first-order valence-corrected chi connectivity index (χ1v) is 8.44. The number of nitrogens with one attached hydrogen (secondary N) is 2. The van der Waals surface area contributed by atoms with E-state index in [1.165, 1.54) is 5.56 Å². The highest BCUT2D eigenvalue weighted by Gasteiger charge is 2.31. The first kappa shape index (κ1) is 15.5. The van der Waals surface area contributed by atoms with Gasteiger partial charge in [-0.05, 0) is 44.1 Å². The summed E-state index contributed by atoms with van der Waals surface area (Å²) in [7, 11) is 0. The Bertz CT molecular complexity index is 483. The van der Waals surface area contributed by atoms with Crippen LogP contribution in [0.1, 0.15) is 44.1 Å². The molecule has 1 saturated heterocycles. The van der Waals surface area contributed by atoms with Gasteiger partial charge in [-0.15, -0.1) is 0 Å². The third-order valence-electron chi connectivity index (χ3n) is 4.94. The summed E-state index contributed by atoms with van der Waals surface area (Å²) in [5, 5.41) is 6.47. The molecule has 1 heterocycles. The summed E-state index contributed by atoms with van der Waals surface area (Å²) in [4.78, 5) is 12.4. The maximum absolute atomic E-state index is 12.4. The van der Waals surface area contributed by atoms with Crippen molar-refractivity contribution in [1.82, 2.24) is 10.6 Å². The number of amides is 1. The number of benzene rings is 1. The largest absolute Gasteiger partial charge is 0.375 e. The predicted octanol–water partition coefficient (Wildman–Crippen LogP) is 2.21. The molecule has 0 aromatic heterocycles. The molecule has 4 nitrogen and oxygen atoms in total. The molecule has 3 rings (SSSR count). The summed E-state index contributed by atoms with van der Waals surface area (Å²) in [6.45, 7) is 3.40. The zero-order chi connectivity index (χ0) is 15.4. The normalized spacial score (nSPS) is 32.4. The van der Waals surface area contributed by atoms with Crippen LogP contribution in [0.3, 0.4) is 0 Å². The summed E-state index contributed by atoms with van der Waals surface area (Å²) < 4.78 is 5.55. The molecule has 2 fully saturated rings. The smallest absolute Gasteiger partial charge is 0.240 e. The lowest BCUT2D eigenvalue weighted by molar-refractivity contribution is -0.129. The Morgan fingerprint density at radius 2 is 1.91 bits per heavy atom. The van der Waals surface area contributed by atoms with Gasteiger partial charge in [0, 0.05) is 12.6 Å². The van der Waals surface area contributed by atoms with Crippen LogP contribution in [0.25, 0.3) is 0 Å². The summed E-state index contributed by atoms with van der Waals surface area (Å²) in [6.07, 6.45) is 4.38. The van der Waals surface area contributed by atoms with Crippen molar-refractivity contribution < 1.29 is 9.53 Å². The van der Waals surface area contributed by atoms with Crippen molar-refractivity contribution in [3.8, 4) is 0 Å². The van der Waals surface area contributed by atoms with Crippen molar-refractivity contribution in [2.45, 2.75) is 56.7 Å². The first-order valence-electron chi connectivity index (χ1n) is 8.44. The number of hydrogen-bond donors (Lipinski definition) is 2. The van der Waals surface area contributed by atoms with Crippen molar-refractivity contribution in [3.63, 3.8) is 0 Å². The van der Waals surface area contributed by atoms with Gasteiger partial charge in [-0.1, -0.05) is 30.3 Å². The topological polar surface area (TPSA) is 50.4 Å². The molecular weight excluding hydrogens is 276 g/mol. The lowest BCUT2D eigenvalue weighted by Crippen LogP contribution is -2.57. The fourth-order valence-corrected chi connectivity index (χ4v) is 3.61. The van der Waals surface area contributed by atoms with Crippen LogP contribution in [0, 0.1) is 0 Å². The van der Waals surface area contributed by atoms with Crippen molar-refractivity contribution in [2.75, 3.05) is 13.2 Å². The van der Waals surface area contributed by atoms with Crippen LogP contribution in [0.4, 0.5) is 0 Å². The van der Waals surface area contributed by atoms with E-state index in [2.05, 4.69) is 41.0 Å². The van der Waals surface area contributed by atoms with Gasteiger partial charge in [0.05, 0.1) is 12.7 Å². The second-order valence-corrected chi connectivity index (χ2v) is 6.48. The van der Waals surface area contributed by atoms with Gasteiger partial charge >= 0.3 is 0 Å². The highest BCUT2D eigenvalue weighted by Crippen LogP contribution is 2.32. The number of morpholine rings is 1. The molecule has 4 heteroatoms. The van der Waals surface area contributed by atoms with E-state index in [-0.39, 0.29) is 18.1 Å². The summed E-state index contributed by atoms with van der Waals surface area (Å²) >= 11 is 0. The molecule has 22 heavy (non-hydrogen) atoms. The van der Waals surface area contributed by atoms with Crippen LogP contribution in [-0.4, -0.2) is 37.2 Å². The highest BCUT2D eigenvalue weighted by molar-refractivity contribution is 5.82. The SMILES string of the molecule is C[C@H]1OCCN[C@@H]1C(=O)NC1CCC(c2ccccc2)CC1. The van der Waals surface area contributed by atoms with Gasteiger partial charge in [-0.3, -0.25) is 4.79 Å². The molecule has 1 amide bonds. The molecule has 2 atom stereocenters. The van der Waals surface area contributed by atoms with Crippen LogP contribution in [-0.2, 0) is 9.53 Å². The molecule has 1 aliphatic heterocycles. The lowest BCUT2D eigenvalue weighted by Gasteiger charge is -2.33. The molecular formula is C18H26N2O2. The second kappa shape index (κ2) is 7.25. The van der Waals surface area contributed by atoms with Crippen molar-refractivity contribution in [3.05, 3.63) is 35.9 Å². The van der Waals surface area contributed by atoms with E-state index in [4.69, 9.17) is 4.74 Å². The fourth-order valence-electron chi connectivity index (χ4n) is 3.61. The monoisotopic (exact) mass is 302 g/mol. The lowest BCUT2D eigenvalue weighted by atomic mass is 9.81. The molecule has 1 aromatic rings. The van der Waals surface area contributed by atoms with E-state index in [0.717, 1.165) is 32.2 Å². The van der Waals surface area contributed by atoms with Gasteiger partial charge in [0.2, 0.25) is 5.91 Å². The minimum atomic E-state index is -0.208. The average Bonchev–Trinajstić information content (AvgIpc) is 2.57. The van der Waals surface area contributed by atoms with Crippen LogP contribution in [0.15, 0.2) is 30.3 Å². The maximum atomic E-state index is 12.4. The van der Waals surface area contributed by atoms with E-state index < -0.39 is 0 Å². The molecule has 0 bridgehead atoms. The number of rotatable bonds is 3. The second-order valence-electron chi connectivity index (χ2n) is 6.48. The number of carbonyl (C=O) groups is 1. The van der Waals surface area contributed by atoms with E-state index in [1.807, 2.05) is 6.92 Å². The molecule has 2 N–H and O–H groups in total. The molecule has 0 radical (unpaired) electrons. The van der Waals surface area contributed by atoms with Gasteiger partial charge in [-0.2, -0.15) is 0 Å². The molecule has 0 spiro atoms. The van der Waals surface area contributed by atoms with Gasteiger partial charge < -0.3 is 15.4 Å². The van der Waals surface area contributed by atoms with Crippen LogP contribution < -0.4 is 10.6 Å². The van der Waals surface area contributed by atoms with E-state index >= 15 is 0 Å². The van der Waals surface area contributed by atoms with Gasteiger partial charge in [0.1, 0.15) is 6.04 Å². The highest BCUT2D eigenvalue weighted by atomic mass is 16.5. The number of carbonyl (C=O) groups excluding carboxylic acids is 1. The summed E-state index contributed by atoms with van der Waals surface area (Å²) in [6, 6.07) is 10.8. The Hall–Kier alpha value is -1.39. The summed E-state index contributed by atoms with van der Waals surface area (Å²) in [5.41, 5.74) is 1.43. The van der Waals surface area contributed by atoms with Crippen LogP contribution in [0.5, 0.6) is 0 Å². The first-order chi connectivity index (χ1) is 10.7. The Morgan fingerprint density at radius 3 is 2.59 bits per heavy atom. The standard InChI is InChI=1S/C18H26N2O2/c1-13-17(19-11-12-22-13)18(21)20-16-9-7-15(8-10-16)14-5-3-2-4-6-14/h2-6,13,15-17,19H,7-12H2,1H3,(H,20,21)/t13-,15?,16?,17+/m1/s1. The van der Waals surface area contributed by atoms with Gasteiger partial charge in [-0.25, -0.2) is 0 Å². The predicted molar refractivity (Wildman–Crippen MR) is 86.8 cm³/mol. The van der Waals surface area contributed by atoms with Crippen molar-refractivity contribution >= 4 is 5.91 Å². The third kappa shape index (κ3) is 3.68. The molecule has 120 valence electrons. The maximum Gasteiger partial charge on any atom is 0.240 e. The number of ether oxygens (including phenoxy) is 1. The summed E-state index contributed by atoms with van der Waals surface area (Å²) in [5.74, 6) is 0.736. The van der Waals surface area contributed by atoms with Crippen molar-refractivity contribution in [1.29, 1.82) is 0 Å². The quantitative estimate of drug-likeness (QED) is 0.900. The molecule has 1 saturated carbocycles. The van der Waals surface area contributed by atoms with Gasteiger partial charge in [0.25, 0.3) is 0 Å². The van der Waals surface area contributed by atoms with E-state index in [9.17, 15) is 4.79 Å². The Balaban J connectivity index is 1.48. The Morgan fingerprint density at radius 1 is 1.18 bits per heavy atom. The van der Waals surface area contributed by atoms with Gasteiger partial charge in [0.15, 0.2) is 0 Å². The fraction of sp³-hybridized carbons (Fsp3) is 0.611. The van der Waals surface area contributed by atoms with E-state index in [0.29, 0.717) is 18.6 Å². The third-order valence-corrected chi connectivity index (χ3v) is 4.94. The minimum absolute atomic E-state index is 0.0468. The van der Waals surface area contributed by atoms with Crippen molar-refractivity contribution in [2.24, 2.45) is 0 Å². The van der Waals surface area contributed by atoms with E-state index in [1.54, 1.807) is 0 Å². The van der Waals surface area contributed by atoms with Crippen LogP contribution >= 0.6 is 0 Å². The minimum Gasteiger partial charge on any atom is -0.375 e. The Kier molecular flexibility index (Phi) is 5.11. The number of hydrogen-bond acceptors (Lipinski definition) is 3. The van der Waals surface area contributed by atoms with Crippen LogP contribution in [0.2, 0.25) is 0 Å². The average molecular weight is 302 g/mol. The molecule has 1 aliphatic carbocycles. The molecule has 1 aromatic carbocycles. The molecule has 0 unspecified atom stereocenters. The molecule has 2 aliphatic rings. The zero-order valence-corrected chi connectivity index (χ0v) is 13.3. The zero-order valence-electron chi connectivity index (χ0n) is 13.3. The Labute approximate surface area is 132 Å².